The van der Waals surface area contributed by atoms with Crippen LogP contribution in [0.5, 0.6) is 0 Å². The highest BCUT2D eigenvalue weighted by atomic mass is 16.1. The van der Waals surface area contributed by atoms with Crippen molar-refractivity contribution in [2.75, 3.05) is 5.32 Å². The van der Waals surface area contributed by atoms with Gasteiger partial charge in [-0.05, 0) is 53.9 Å². The fraction of sp³-hybridized carbons (Fsp3) is 0.0952. The number of nitrogens with one attached hydrogen (secondary N) is 1. The van der Waals surface area contributed by atoms with Crippen molar-refractivity contribution < 1.29 is 4.79 Å². The van der Waals surface area contributed by atoms with Gasteiger partial charge >= 0.3 is 0 Å². The standard InChI is InChI=1S/C21H18N4O/c26-21(14-19-15-25-12-2-1-3-20(25)23-19)24-18-6-4-16(5-7-18)13-17-8-10-22-11-9-17/h1-12,15H,13-14H2,(H,24,26). The molecule has 26 heavy (non-hydrogen) atoms. The van der Waals surface area contributed by atoms with E-state index in [1.54, 1.807) is 12.4 Å². The zero-order valence-corrected chi connectivity index (χ0v) is 14.2. The zero-order valence-electron chi connectivity index (χ0n) is 14.2. The molecule has 3 aromatic heterocycles. The van der Waals surface area contributed by atoms with Crippen LogP contribution in [0.2, 0.25) is 0 Å². The number of amides is 1. The fourth-order valence-corrected chi connectivity index (χ4v) is 2.88. The third-order valence-electron chi connectivity index (χ3n) is 4.15. The number of carbonyl (C=O) groups is 1. The molecule has 1 aromatic carbocycles. The first kappa shape index (κ1) is 16.0. The minimum atomic E-state index is -0.0738. The number of anilines is 1. The Kier molecular flexibility index (Phi) is 4.43. The molecule has 4 aromatic rings. The van der Waals surface area contributed by atoms with E-state index in [0.717, 1.165) is 23.4 Å². The number of benzene rings is 1. The van der Waals surface area contributed by atoms with Crippen molar-refractivity contribution >= 4 is 17.2 Å². The third kappa shape index (κ3) is 3.78. The monoisotopic (exact) mass is 342 g/mol. The number of hydrogen-bond donors (Lipinski definition) is 1. The summed E-state index contributed by atoms with van der Waals surface area (Å²) >= 11 is 0. The number of rotatable bonds is 5. The van der Waals surface area contributed by atoms with Crippen molar-refractivity contribution in [2.45, 2.75) is 12.8 Å². The van der Waals surface area contributed by atoms with Gasteiger partial charge in [0.25, 0.3) is 0 Å². The largest absolute Gasteiger partial charge is 0.326 e. The molecule has 0 saturated heterocycles. The van der Waals surface area contributed by atoms with Gasteiger partial charge in [0.2, 0.25) is 5.91 Å². The second-order valence-corrected chi connectivity index (χ2v) is 6.15. The summed E-state index contributed by atoms with van der Waals surface area (Å²) in [6.45, 7) is 0. The second kappa shape index (κ2) is 7.19. The lowest BCUT2D eigenvalue weighted by molar-refractivity contribution is -0.115. The predicted molar refractivity (Wildman–Crippen MR) is 101 cm³/mol. The number of hydrogen-bond acceptors (Lipinski definition) is 3. The van der Waals surface area contributed by atoms with Crippen molar-refractivity contribution in [2.24, 2.45) is 0 Å². The van der Waals surface area contributed by atoms with Crippen LogP contribution in [-0.2, 0) is 17.6 Å². The molecule has 0 aliphatic carbocycles. The molecule has 0 saturated carbocycles. The van der Waals surface area contributed by atoms with E-state index in [9.17, 15) is 4.79 Å². The summed E-state index contributed by atoms with van der Waals surface area (Å²) in [6.07, 6.45) is 8.49. The Labute approximate surface area is 151 Å². The van der Waals surface area contributed by atoms with E-state index in [1.807, 2.05) is 71.4 Å². The van der Waals surface area contributed by atoms with Gasteiger partial charge in [0.15, 0.2) is 0 Å². The predicted octanol–water partition coefficient (Wildman–Crippen LogP) is 3.50. The van der Waals surface area contributed by atoms with Gasteiger partial charge in [-0.25, -0.2) is 4.98 Å². The van der Waals surface area contributed by atoms with Crippen molar-refractivity contribution in [3.05, 3.63) is 96.2 Å². The Morgan fingerprint density at radius 2 is 1.73 bits per heavy atom. The van der Waals surface area contributed by atoms with E-state index >= 15 is 0 Å². The molecule has 1 N–H and O–H groups in total. The van der Waals surface area contributed by atoms with Gasteiger partial charge in [-0.15, -0.1) is 0 Å². The van der Waals surface area contributed by atoms with Crippen LogP contribution in [0, 0.1) is 0 Å². The van der Waals surface area contributed by atoms with Gasteiger partial charge in [-0.2, -0.15) is 0 Å². The molecule has 3 heterocycles. The minimum absolute atomic E-state index is 0.0738. The Bertz CT molecular complexity index is 990. The van der Waals surface area contributed by atoms with Gasteiger partial charge in [-0.3, -0.25) is 9.78 Å². The van der Waals surface area contributed by atoms with Crippen molar-refractivity contribution in [3.8, 4) is 0 Å². The average Bonchev–Trinajstić information content (AvgIpc) is 3.06. The lowest BCUT2D eigenvalue weighted by Crippen LogP contribution is -2.14. The zero-order chi connectivity index (χ0) is 17.8. The van der Waals surface area contributed by atoms with Gasteiger partial charge in [0.05, 0.1) is 12.1 Å². The lowest BCUT2D eigenvalue weighted by Gasteiger charge is -2.06. The van der Waals surface area contributed by atoms with Crippen molar-refractivity contribution in [1.82, 2.24) is 14.4 Å². The van der Waals surface area contributed by atoms with Crippen LogP contribution in [0.25, 0.3) is 5.65 Å². The number of imidazole rings is 1. The number of carbonyl (C=O) groups excluding carboxylic acids is 1. The summed E-state index contributed by atoms with van der Waals surface area (Å²) in [4.78, 5) is 20.7. The van der Waals surface area contributed by atoms with E-state index in [-0.39, 0.29) is 12.3 Å². The van der Waals surface area contributed by atoms with Crippen molar-refractivity contribution in [3.63, 3.8) is 0 Å². The molecule has 0 bridgehead atoms. The summed E-state index contributed by atoms with van der Waals surface area (Å²) in [7, 11) is 0. The maximum absolute atomic E-state index is 12.3. The summed E-state index contributed by atoms with van der Waals surface area (Å²) in [5.41, 5.74) is 4.79. The number of pyridine rings is 2. The topological polar surface area (TPSA) is 59.3 Å². The Morgan fingerprint density at radius 1 is 0.962 bits per heavy atom. The Morgan fingerprint density at radius 3 is 2.50 bits per heavy atom. The molecule has 0 aliphatic rings. The van der Waals surface area contributed by atoms with Gasteiger partial charge in [0, 0.05) is 30.5 Å². The van der Waals surface area contributed by atoms with Crippen LogP contribution in [0.3, 0.4) is 0 Å². The molecule has 0 atom stereocenters. The SMILES string of the molecule is O=C(Cc1cn2ccccc2n1)Nc1ccc(Cc2ccncc2)cc1. The number of aromatic nitrogens is 3. The first-order chi connectivity index (χ1) is 12.8. The summed E-state index contributed by atoms with van der Waals surface area (Å²) in [5, 5.41) is 2.93. The molecule has 128 valence electrons. The molecule has 0 aliphatic heterocycles. The lowest BCUT2D eigenvalue weighted by atomic mass is 10.1. The molecule has 0 spiro atoms. The molecule has 0 unspecified atom stereocenters. The van der Waals surface area contributed by atoms with Crippen LogP contribution < -0.4 is 5.32 Å². The van der Waals surface area contributed by atoms with Crippen LogP contribution in [0.15, 0.2) is 79.4 Å². The normalized spacial score (nSPS) is 10.8. The van der Waals surface area contributed by atoms with Crippen molar-refractivity contribution in [1.29, 1.82) is 0 Å². The maximum Gasteiger partial charge on any atom is 0.230 e. The smallest absolute Gasteiger partial charge is 0.230 e. The first-order valence-electron chi connectivity index (χ1n) is 8.46. The number of fused-ring (bicyclic) bond motifs is 1. The molecule has 4 rings (SSSR count). The van der Waals surface area contributed by atoms with Gasteiger partial charge in [-0.1, -0.05) is 18.2 Å². The fourth-order valence-electron chi connectivity index (χ4n) is 2.88. The van der Waals surface area contributed by atoms with E-state index in [4.69, 9.17) is 0 Å². The average molecular weight is 342 g/mol. The highest BCUT2D eigenvalue weighted by Gasteiger charge is 2.08. The second-order valence-electron chi connectivity index (χ2n) is 6.15. The van der Waals surface area contributed by atoms with E-state index in [2.05, 4.69) is 15.3 Å². The minimum Gasteiger partial charge on any atom is -0.326 e. The summed E-state index contributed by atoms with van der Waals surface area (Å²) in [5.74, 6) is -0.0738. The molecule has 0 fully saturated rings. The van der Waals surface area contributed by atoms with Crippen LogP contribution in [-0.4, -0.2) is 20.3 Å². The molecule has 0 radical (unpaired) electrons. The third-order valence-corrected chi connectivity index (χ3v) is 4.15. The summed E-state index contributed by atoms with van der Waals surface area (Å²) in [6, 6.07) is 17.7. The van der Waals surface area contributed by atoms with Crippen LogP contribution >= 0.6 is 0 Å². The molecule has 5 nitrogen and oxygen atoms in total. The first-order valence-corrected chi connectivity index (χ1v) is 8.46. The van der Waals surface area contributed by atoms with Gasteiger partial charge < -0.3 is 9.72 Å². The highest BCUT2D eigenvalue weighted by Crippen LogP contribution is 2.14. The Balaban J connectivity index is 1.38. The molecular weight excluding hydrogens is 324 g/mol. The highest BCUT2D eigenvalue weighted by molar-refractivity contribution is 5.92. The summed E-state index contributed by atoms with van der Waals surface area (Å²) < 4.78 is 1.91. The van der Waals surface area contributed by atoms with E-state index in [1.165, 1.54) is 11.1 Å². The quantitative estimate of drug-likeness (QED) is 0.604. The molecule has 1 amide bonds. The van der Waals surface area contributed by atoms with Crippen LogP contribution in [0.1, 0.15) is 16.8 Å². The number of nitrogens with zero attached hydrogens (tertiary/aromatic N) is 3. The maximum atomic E-state index is 12.3. The van der Waals surface area contributed by atoms with E-state index < -0.39 is 0 Å². The molecular formula is C21H18N4O. The molecule has 5 heteroatoms. The van der Waals surface area contributed by atoms with E-state index in [0.29, 0.717) is 0 Å². The van der Waals surface area contributed by atoms with Crippen LogP contribution in [0.4, 0.5) is 5.69 Å². The Hall–Kier alpha value is -3.47. The van der Waals surface area contributed by atoms with Gasteiger partial charge in [0.1, 0.15) is 5.65 Å².